The van der Waals surface area contributed by atoms with Gasteiger partial charge in [0, 0.05) is 28.5 Å². The molecule has 1 N–H and O–H groups in total. The first kappa shape index (κ1) is 16.7. The van der Waals surface area contributed by atoms with Crippen molar-refractivity contribution in [3.63, 3.8) is 0 Å². The standard InChI is InChI=1S/C21H16BrN3OS/c22-16-7-3-6-14(10-16)17-12-27-19-18(17)23-21(24-20(19)26)25-9-8-13-4-1-2-5-15(13)11-25/h1-7,10,12H,8-9,11H2,(H,23,24,26). The van der Waals surface area contributed by atoms with Crippen LogP contribution < -0.4 is 10.5 Å². The molecular formula is C21H16BrN3OS. The zero-order valence-electron chi connectivity index (χ0n) is 14.4. The smallest absolute Gasteiger partial charge is 0.270 e. The second-order valence-corrected chi connectivity index (χ2v) is 8.46. The van der Waals surface area contributed by atoms with E-state index in [4.69, 9.17) is 4.98 Å². The van der Waals surface area contributed by atoms with Crippen LogP contribution in [0.3, 0.4) is 0 Å². The van der Waals surface area contributed by atoms with E-state index in [1.54, 1.807) is 0 Å². The Hall–Kier alpha value is -2.44. The van der Waals surface area contributed by atoms with E-state index < -0.39 is 0 Å². The van der Waals surface area contributed by atoms with E-state index in [1.807, 2.05) is 23.6 Å². The van der Waals surface area contributed by atoms with E-state index >= 15 is 0 Å². The number of hydrogen-bond donors (Lipinski definition) is 1. The first-order valence-corrected chi connectivity index (χ1v) is 10.5. The van der Waals surface area contributed by atoms with Crippen molar-refractivity contribution in [2.45, 2.75) is 13.0 Å². The SMILES string of the molecule is O=c1[nH]c(N2CCc3ccccc3C2)nc2c(-c3cccc(Br)c3)csc12. The zero-order chi connectivity index (χ0) is 18.4. The summed E-state index contributed by atoms with van der Waals surface area (Å²) in [5.41, 5.74) is 5.44. The number of aromatic amines is 1. The van der Waals surface area contributed by atoms with Gasteiger partial charge in [-0.1, -0.05) is 52.3 Å². The molecule has 0 aliphatic carbocycles. The summed E-state index contributed by atoms with van der Waals surface area (Å²) in [6.07, 6.45) is 0.958. The number of aromatic nitrogens is 2. The molecule has 5 rings (SSSR count). The Labute approximate surface area is 168 Å². The molecule has 0 amide bonds. The molecule has 1 aliphatic rings. The predicted octanol–water partition coefficient (Wildman–Crippen LogP) is 4.98. The highest BCUT2D eigenvalue weighted by Crippen LogP contribution is 2.33. The molecule has 6 heteroatoms. The van der Waals surface area contributed by atoms with E-state index in [2.05, 4.69) is 56.1 Å². The van der Waals surface area contributed by atoms with Crippen molar-refractivity contribution in [1.82, 2.24) is 9.97 Å². The average Bonchev–Trinajstić information content (AvgIpc) is 3.12. The minimum atomic E-state index is -0.0693. The summed E-state index contributed by atoms with van der Waals surface area (Å²) in [7, 11) is 0. The first-order valence-electron chi connectivity index (χ1n) is 8.78. The average molecular weight is 438 g/mol. The van der Waals surface area contributed by atoms with Crippen molar-refractivity contribution in [1.29, 1.82) is 0 Å². The van der Waals surface area contributed by atoms with Crippen LogP contribution in [0, 0.1) is 0 Å². The number of nitrogens with one attached hydrogen (secondary N) is 1. The number of hydrogen-bond acceptors (Lipinski definition) is 4. The van der Waals surface area contributed by atoms with Crippen LogP contribution in [0.1, 0.15) is 11.1 Å². The highest BCUT2D eigenvalue weighted by Gasteiger charge is 2.20. The molecule has 3 heterocycles. The van der Waals surface area contributed by atoms with Gasteiger partial charge in [-0.05, 0) is 35.2 Å². The largest absolute Gasteiger partial charge is 0.338 e. The van der Waals surface area contributed by atoms with E-state index in [-0.39, 0.29) is 5.56 Å². The molecule has 134 valence electrons. The number of fused-ring (bicyclic) bond motifs is 2. The molecule has 0 spiro atoms. The van der Waals surface area contributed by atoms with Crippen molar-refractivity contribution in [2.75, 3.05) is 11.4 Å². The molecule has 0 radical (unpaired) electrons. The van der Waals surface area contributed by atoms with Gasteiger partial charge < -0.3 is 4.90 Å². The van der Waals surface area contributed by atoms with Crippen LogP contribution in [0.4, 0.5) is 5.95 Å². The fraction of sp³-hybridized carbons (Fsp3) is 0.143. The summed E-state index contributed by atoms with van der Waals surface area (Å²) in [5.74, 6) is 0.650. The Balaban J connectivity index is 1.61. The lowest BCUT2D eigenvalue weighted by molar-refractivity contribution is 0.708. The van der Waals surface area contributed by atoms with Gasteiger partial charge in [0.2, 0.25) is 5.95 Å². The van der Waals surface area contributed by atoms with Crippen LogP contribution in [0.15, 0.2) is 63.2 Å². The molecule has 0 saturated heterocycles. The van der Waals surface area contributed by atoms with Gasteiger partial charge >= 0.3 is 0 Å². The molecule has 0 bridgehead atoms. The highest BCUT2D eigenvalue weighted by atomic mass is 79.9. The normalized spacial score (nSPS) is 13.7. The molecule has 2 aromatic heterocycles. The summed E-state index contributed by atoms with van der Waals surface area (Å²) >= 11 is 4.97. The maximum atomic E-state index is 12.7. The highest BCUT2D eigenvalue weighted by molar-refractivity contribution is 9.10. The molecule has 2 aromatic carbocycles. The maximum absolute atomic E-state index is 12.7. The monoisotopic (exact) mass is 437 g/mol. The van der Waals surface area contributed by atoms with Gasteiger partial charge in [-0.3, -0.25) is 9.78 Å². The van der Waals surface area contributed by atoms with Crippen LogP contribution in [0.2, 0.25) is 0 Å². The lowest BCUT2D eigenvalue weighted by Crippen LogP contribution is -2.33. The number of anilines is 1. The van der Waals surface area contributed by atoms with Gasteiger partial charge in [-0.15, -0.1) is 11.3 Å². The Morgan fingerprint density at radius 3 is 2.81 bits per heavy atom. The Morgan fingerprint density at radius 2 is 1.96 bits per heavy atom. The fourth-order valence-corrected chi connectivity index (χ4v) is 4.91. The van der Waals surface area contributed by atoms with Crippen LogP contribution in [-0.2, 0) is 13.0 Å². The molecular weight excluding hydrogens is 422 g/mol. The van der Waals surface area contributed by atoms with Crippen molar-refractivity contribution in [3.05, 3.63) is 79.9 Å². The summed E-state index contributed by atoms with van der Waals surface area (Å²) < 4.78 is 1.68. The Morgan fingerprint density at radius 1 is 1.11 bits per heavy atom. The van der Waals surface area contributed by atoms with Crippen molar-refractivity contribution in [3.8, 4) is 11.1 Å². The number of H-pyrrole nitrogens is 1. The Bertz CT molecular complexity index is 1210. The van der Waals surface area contributed by atoms with Gasteiger partial charge in [0.25, 0.3) is 5.56 Å². The molecule has 1 aliphatic heterocycles. The quantitative estimate of drug-likeness (QED) is 0.481. The first-order chi connectivity index (χ1) is 13.2. The van der Waals surface area contributed by atoms with Crippen molar-refractivity contribution >= 4 is 43.4 Å². The minimum Gasteiger partial charge on any atom is -0.338 e. The van der Waals surface area contributed by atoms with Crippen molar-refractivity contribution < 1.29 is 0 Å². The van der Waals surface area contributed by atoms with E-state index in [0.717, 1.165) is 40.6 Å². The third-order valence-electron chi connectivity index (χ3n) is 4.98. The van der Waals surface area contributed by atoms with Gasteiger partial charge in [-0.2, -0.15) is 0 Å². The summed E-state index contributed by atoms with van der Waals surface area (Å²) in [6, 6.07) is 16.6. The van der Waals surface area contributed by atoms with Crippen molar-refractivity contribution in [2.24, 2.45) is 0 Å². The maximum Gasteiger partial charge on any atom is 0.270 e. The predicted molar refractivity (Wildman–Crippen MR) is 115 cm³/mol. The Kier molecular flexibility index (Phi) is 4.10. The summed E-state index contributed by atoms with van der Waals surface area (Å²) in [5, 5.41) is 2.02. The van der Waals surface area contributed by atoms with Crippen LogP contribution >= 0.6 is 27.3 Å². The van der Waals surface area contributed by atoms with Gasteiger partial charge in [0.15, 0.2) is 0 Å². The lowest BCUT2D eigenvalue weighted by atomic mass is 10.0. The summed E-state index contributed by atoms with van der Waals surface area (Å²) in [4.78, 5) is 22.7. The van der Waals surface area contributed by atoms with E-state index in [9.17, 15) is 4.79 Å². The van der Waals surface area contributed by atoms with Crippen LogP contribution in [0.5, 0.6) is 0 Å². The molecule has 27 heavy (non-hydrogen) atoms. The van der Waals surface area contributed by atoms with Crippen LogP contribution in [0.25, 0.3) is 21.3 Å². The van der Waals surface area contributed by atoms with Crippen LogP contribution in [-0.4, -0.2) is 16.5 Å². The molecule has 0 atom stereocenters. The van der Waals surface area contributed by atoms with E-state index in [0.29, 0.717) is 10.6 Å². The molecule has 0 saturated carbocycles. The molecule has 4 nitrogen and oxygen atoms in total. The van der Waals surface area contributed by atoms with Gasteiger partial charge in [0.1, 0.15) is 4.70 Å². The minimum absolute atomic E-state index is 0.0693. The number of benzene rings is 2. The second kappa shape index (κ2) is 6.62. The molecule has 0 fully saturated rings. The van der Waals surface area contributed by atoms with Gasteiger partial charge in [-0.25, -0.2) is 4.98 Å². The third-order valence-corrected chi connectivity index (χ3v) is 6.44. The fourth-order valence-electron chi connectivity index (χ4n) is 3.60. The lowest BCUT2D eigenvalue weighted by Gasteiger charge is -2.29. The second-order valence-electron chi connectivity index (χ2n) is 6.67. The number of thiophene rings is 1. The number of halogens is 1. The molecule has 4 aromatic rings. The zero-order valence-corrected chi connectivity index (χ0v) is 16.8. The van der Waals surface area contributed by atoms with E-state index in [1.165, 1.54) is 22.5 Å². The topological polar surface area (TPSA) is 49.0 Å². The van der Waals surface area contributed by atoms with Gasteiger partial charge in [0.05, 0.1) is 5.52 Å². The summed E-state index contributed by atoms with van der Waals surface area (Å²) in [6.45, 7) is 1.61. The third kappa shape index (κ3) is 2.99. The number of rotatable bonds is 2. The number of nitrogens with zero attached hydrogens (tertiary/aromatic N) is 2. The molecule has 0 unspecified atom stereocenters.